The highest BCUT2D eigenvalue weighted by molar-refractivity contribution is 5.48. The summed E-state index contributed by atoms with van der Waals surface area (Å²) in [5.41, 5.74) is 0. The number of aromatic nitrogens is 4. The van der Waals surface area contributed by atoms with Crippen molar-refractivity contribution in [3.8, 4) is 0 Å². The third-order valence-electron chi connectivity index (χ3n) is 4.05. The number of rotatable bonds is 6. The average molecular weight is 286 g/mol. The van der Waals surface area contributed by atoms with Gasteiger partial charge in [0, 0.05) is 39.1 Å². The maximum Gasteiger partial charge on any atom is 0.133 e. The minimum Gasteiger partial charge on any atom is -0.360 e. The van der Waals surface area contributed by atoms with Gasteiger partial charge in [-0.05, 0) is 25.7 Å². The second-order valence-electron chi connectivity index (χ2n) is 5.63. The smallest absolute Gasteiger partial charge is 0.133 e. The number of hydrogen-bond donors (Lipinski definition) is 1. The molecule has 0 saturated heterocycles. The van der Waals surface area contributed by atoms with Gasteiger partial charge >= 0.3 is 0 Å². The molecule has 1 saturated carbocycles. The largest absolute Gasteiger partial charge is 0.360 e. The van der Waals surface area contributed by atoms with E-state index in [1.807, 2.05) is 32.6 Å². The van der Waals surface area contributed by atoms with E-state index in [0.29, 0.717) is 5.92 Å². The lowest BCUT2D eigenvalue weighted by atomic mass is 10.1. The molecule has 1 atom stereocenters. The molecule has 0 amide bonds. The van der Waals surface area contributed by atoms with Gasteiger partial charge < -0.3 is 14.8 Å². The lowest BCUT2D eigenvalue weighted by Crippen LogP contribution is -2.20. The molecule has 1 fully saturated rings. The Bertz CT molecular complexity index is 604. The Labute approximate surface area is 125 Å². The first kappa shape index (κ1) is 13.9. The third-order valence-corrected chi connectivity index (χ3v) is 4.05. The summed E-state index contributed by atoms with van der Waals surface area (Å²) in [5, 5.41) is 3.54. The standard InChI is InChI=1S/C15H22N6/c1-4-20(2)13-9-12(17-10-18-13)19-14(11-5-6-11)15-16-7-8-21(15)3/h7-11,14H,4-6H2,1-3H3,(H,17,18,19). The average Bonchev–Trinajstić information content (AvgIpc) is 3.26. The Hall–Kier alpha value is -2.11. The summed E-state index contributed by atoms with van der Waals surface area (Å²) < 4.78 is 2.08. The molecule has 2 heterocycles. The fourth-order valence-electron chi connectivity index (χ4n) is 2.46. The van der Waals surface area contributed by atoms with Gasteiger partial charge in [-0.15, -0.1) is 0 Å². The van der Waals surface area contributed by atoms with E-state index in [4.69, 9.17) is 0 Å². The van der Waals surface area contributed by atoms with Crippen molar-refractivity contribution < 1.29 is 0 Å². The van der Waals surface area contributed by atoms with Crippen molar-refractivity contribution in [2.75, 3.05) is 23.8 Å². The summed E-state index contributed by atoms with van der Waals surface area (Å²) in [6.07, 6.45) is 7.95. The minimum absolute atomic E-state index is 0.222. The van der Waals surface area contributed by atoms with Crippen molar-refractivity contribution in [2.24, 2.45) is 13.0 Å². The highest BCUT2D eigenvalue weighted by Crippen LogP contribution is 2.42. The molecule has 6 heteroatoms. The van der Waals surface area contributed by atoms with E-state index >= 15 is 0 Å². The molecule has 0 radical (unpaired) electrons. The molecule has 21 heavy (non-hydrogen) atoms. The topological polar surface area (TPSA) is 58.9 Å². The number of nitrogens with zero attached hydrogens (tertiary/aromatic N) is 5. The van der Waals surface area contributed by atoms with Crippen molar-refractivity contribution in [3.05, 3.63) is 30.6 Å². The van der Waals surface area contributed by atoms with Gasteiger partial charge in [0.05, 0.1) is 6.04 Å². The number of anilines is 2. The van der Waals surface area contributed by atoms with Gasteiger partial charge in [-0.25, -0.2) is 15.0 Å². The highest BCUT2D eigenvalue weighted by Gasteiger charge is 2.34. The molecule has 3 rings (SSSR count). The first-order valence-electron chi connectivity index (χ1n) is 7.46. The van der Waals surface area contributed by atoms with Crippen LogP contribution in [0.4, 0.5) is 11.6 Å². The zero-order valence-corrected chi connectivity index (χ0v) is 12.8. The second-order valence-corrected chi connectivity index (χ2v) is 5.63. The Morgan fingerprint density at radius 3 is 2.81 bits per heavy atom. The normalized spacial score (nSPS) is 15.8. The molecule has 112 valence electrons. The molecule has 0 bridgehead atoms. The molecule has 1 aliphatic carbocycles. The van der Waals surface area contributed by atoms with Crippen LogP contribution in [0.25, 0.3) is 0 Å². The molecule has 0 aliphatic heterocycles. The molecule has 0 aromatic carbocycles. The molecule has 2 aromatic rings. The van der Waals surface area contributed by atoms with Gasteiger partial charge in [-0.1, -0.05) is 0 Å². The lowest BCUT2D eigenvalue weighted by Gasteiger charge is -2.20. The van der Waals surface area contributed by atoms with Crippen LogP contribution in [0.2, 0.25) is 0 Å². The van der Waals surface area contributed by atoms with Gasteiger partial charge in [-0.3, -0.25) is 0 Å². The van der Waals surface area contributed by atoms with E-state index in [-0.39, 0.29) is 6.04 Å². The lowest BCUT2D eigenvalue weighted by molar-refractivity contribution is 0.604. The Morgan fingerprint density at radius 2 is 2.19 bits per heavy atom. The summed E-state index contributed by atoms with van der Waals surface area (Å²) in [7, 11) is 4.07. The molecular weight excluding hydrogens is 264 g/mol. The van der Waals surface area contributed by atoms with E-state index in [0.717, 1.165) is 24.0 Å². The highest BCUT2D eigenvalue weighted by atomic mass is 15.2. The van der Waals surface area contributed by atoms with Crippen LogP contribution in [0, 0.1) is 5.92 Å². The number of nitrogens with one attached hydrogen (secondary N) is 1. The van der Waals surface area contributed by atoms with Crippen molar-refractivity contribution in [1.29, 1.82) is 0 Å². The maximum absolute atomic E-state index is 4.49. The van der Waals surface area contributed by atoms with Crippen molar-refractivity contribution in [1.82, 2.24) is 19.5 Å². The molecule has 2 aromatic heterocycles. The van der Waals surface area contributed by atoms with Gasteiger partial charge in [0.1, 0.15) is 23.8 Å². The van der Waals surface area contributed by atoms with Crippen LogP contribution >= 0.6 is 0 Å². The van der Waals surface area contributed by atoms with Crippen LogP contribution in [0.3, 0.4) is 0 Å². The van der Waals surface area contributed by atoms with Crippen molar-refractivity contribution in [3.63, 3.8) is 0 Å². The predicted molar refractivity (Wildman–Crippen MR) is 83.3 cm³/mol. The Kier molecular flexibility index (Phi) is 3.77. The minimum atomic E-state index is 0.222. The summed E-state index contributed by atoms with van der Waals surface area (Å²) in [5.74, 6) is 3.51. The summed E-state index contributed by atoms with van der Waals surface area (Å²) in [6.45, 7) is 3.03. The van der Waals surface area contributed by atoms with Gasteiger partial charge in [-0.2, -0.15) is 0 Å². The quantitative estimate of drug-likeness (QED) is 0.882. The maximum atomic E-state index is 4.49. The summed E-state index contributed by atoms with van der Waals surface area (Å²) in [4.78, 5) is 15.3. The van der Waals surface area contributed by atoms with Gasteiger partial charge in [0.25, 0.3) is 0 Å². The number of imidazole rings is 1. The molecular formula is C15H22N6. The molecule has 0 spiro atoms. The van der Waals surface area contributed by atoms with Crippen LogP contribution in [0.1, 0.15) is 31.6 Å². The fourth-order valence-corrected chi connectivity index (χ4v) is 2.46. The number of hydrogen-bond acceptors (Lipinski definition) is 5. The van der Waals surface area contributed by atoms with Crippen LogP contribution in [0.5, 0.6) is 0 Å². The van der Waals surface area contributed by atoms with Crippen LogP contribution in [-0.4, -0.2) is 33.1 Å². The molecule has 6 nitrogen and oxygen atoms in total. The SMILES string of the molecule is CCN(C)c1cc(NC(c2nccn2C)C2CC2)ncn1. The van der Waals surface area contributed by atoms with Gasteiger partial charge in [0.15, 0.2) is 0 Å². The Balaban J connectivity index is 1.82. The zero-order chi connectivity index (χ0) is 14.8. The van der Waals surface area contributed by atoms with E-state index in [2.05, 4.69) is 36.7 Å². The second kappa shape index (κ2) is 5.71. The van der Waals surface area contributed by atoms with E-state index in [9.17, 15) is 0 Å². The van der Waals surface area contributed by atoms with E-state index in [1.165, 1.54) is 12.8 Å². The summed E-state index contributed by atoms with van der Waals surface area (Å²) >= 11 is 0. The molecule has 1 N–H and O–H groups in total. The van der Waals surface area contributed by atoms with E-state index in [1.54, 1.807) is 6.33 Å². The molecule has 1 aliphatic rings. The predicted octanol–water partition coefficient (Wildman–Crippen LogP) is 2.23. The first-order chi connectivity index (χ1) is 10.2. The van der Waals surface area contributed by atoms with Crippen molar-refractivity contribution in [2.45, 2.75) is 25.8 Å². The summed E-state index contributed by atoms with van der Waals surface area (Å²) in [6, 6.07) is 2.22. The number of aryl methyl sites for hydroxylation is 1. The zero-order valence-electron chi connectivity index (χ0n) is 12.8. The first-order valence-corrected chi connectivity index (χ1v) is 7.46. The van der Waals surface area contributed by atoms with E-state index < -0.39 is 0 Å². The van der Waals surface area contributed by atoms with Crippen LogP contribution in [0.15, 0.2) is 24.8 Å². The molecule has 1 unspecified atom stereocenters. The Morgan fingerprint density at radius 1 is 1.38 bits per heavy atom. The fraction of sp³-hybridized carbons (Fsp3) is 0.533. The van der Waals surface area contributed by atoms with Crippen LogP contribution in [-0.2, 0) is 7.05 Å². The van der Waals surface area contributed by atoms with Crippen LogP contribution < -0.4 is 10.2 Å². The monoisotopic (exact) mass is 286 g/mol. The third kappa shape index (κ3) is 2.99. The van der Waals surface area contributed by atoms with Crippen molar-refractivity contribution >= 4 is 11.6 Å². The van der Waals surface area contributed by atoms with Gasteiger partial charge in [0.2, 0.25) is 0 Å².